The van der Waals surface area contributed by atoms with Crippen LogP contribution in [0.25, 0.3) is 10.4 Å². The number of hydrogen-bond donors (Lipinski definition) is 2. The van der Waals surface area contributed by atoms with Gasteiger partial charge in [-0.15, -0.1) is 11.3 Å². The molecule has 1 saturated heterocycles. The summed E-state index contributed by atoms with van der Waals surface area (Å²) in [5, 5.41) is 2.74. The first kappa shape index (κ1) is 31.5. The van der Waals surface area contributed by atoms with E-state index in [-0.39, 0.29) is 22.0 Å². The van der Waals surface area contributed by atoms with Gasteiger partial charge in [0, 0.05) is 24.8 Å². The Morgan fingerprint density at radius 2 is 1.75 bits per heavy atom. The van der Waals surface area contributed by atoms with E-state index >= 15 is 0 Å². The number of benzene rings is 1. The van der Waals surface area contributed by atoms with Crippen molar-refractivity contribution < 1.29 is 31.1 Å². The first-order valence-corrected chi connectivity index (χ1v) is 16.4. The van der Waals surface area contributed by atoms with Gasteiger partial charge in [-0.2, -0.15) is 17.9 Å². The minimum Gasteiger partial charge on any atom is -0.381 e. The molecule has 1 aromatic heterocycles. The van der Waals surface area contributed by atoms with Crippen molar-refractivity contribution in [2.24, 2.45) is 5.92 Å². The van der Waals surface area contributed by atoms with Crippen molar-refractivity contribution in [2.75, 3.05) is 13.2 Å². The van der Waals surface area contributed by atoms with Crippen molar-refractivity contribution in [2.45, 2.75) is 87.9 Å². The van der Waals surface area contributed by atoms with Crippen LogP contribution in [-0.2, 0) is 21.2 Å². The van der Waals surface area contributed by atoms with Crippen LogP contribution in [0.4, 0.5) is 13.2 Å². The predicted molar refractivity (Wildman–Crippen MR) is 150 cm³/mol. The highest BCUT2D eigenvalue weighted by Crippen LogP contribution is 2.43. The van der Waals surface area contributed by atoms with Gasteiger partial charge in [-0.3, -0.25) is 4.79 Å². The van der Waals surface area contributed by atoms with E-state index in [2.05, 4.69) is 5.32 Å². The number of halogens is 5. The number of ether oxygens (including phenoxy) is 1. The van der Waals surface area contributed by atoms with Gasteiger partial charge >= 0.3 is 6.18 Å². The van der Waals surface area contributed by atoms with Gasteiger partial charge in [0.05, 0.1) is 20.6 Å². The van der Waals surface area contributed by atoms with Gasteiger partial charge in [0.15, 0.2) is 5.01 Å². The van der Waals surface area contributed by atoms with E-state index in [4.69, 9.17) is 32.9 Å². The number of aromatic nitrogens is 1. The maximum atomic E-state index is 13.1. The Morgan fingerprint density at radius 3 is 2.38 bits per heavy atom. The molecule has 4 rings (SSSR count). The molecule has 0 spiro atoms. The Hall–Kier alpha value is -1.44. The van der Waals surface area contributed by atoms with Gasteiger partial charge in [-0.05, 0) is 38.2 Å². The van der Waals surface area contributed by atoms with Gasteiger partial charge in [-0.25, -0.2) is 13.4 Å². The second-order valence-electron chi connectivity index (χ2n) is 10.3. The number of thiazole rings is 1. The van der Waals surface area contributed by atoms with Crippen molar-refractivity contribution in [3.8, 4) is 10.4 Å². The van der Waals surface area contributed by atoms with Crippen LogP contribution in [-0.4, -0.2) is 50.8 Å². The molecule has 14 heteroatoms. The number of rotatable bonds is 8. The molecule has 1 aromatic carbocycles. The van der Waals surface area contributed by atoms with Gasteiger partial charge in [0.1, 0.15) is 10.9 Å². The molecule has 2 fully saturated rings. The third-order valence-electron chi connectivity index (χ3n) is 7.31. The molecule has 2 N–H and O–H groups in total. The average Bonchev–Trinajstić information content (AvgIpc) is 3.12. The summed E-state index contributed by atoms with van der Waals surface area (Å²) in [6, 6.07) is 0.196. The van der Waals surface area contributed by atoms with E-state index in [0.717, 1.165) is 43.1 Å². The van der Waals surface area contributed by atoms with E-state index in [1.54, 1.807) is 4.72 Å². The van der Waals surface area contributed by atoms with Crippen molar-refractivity contribution in [3.63, 3.8) is 0 Å². The van der Waals surface area contributed by atoms with Crippen LogP contribution in [0.15, 0.2) is 17.0 Å². The van der Waals surface area contributed by atoms with Gasteiger partial charge in [0.25, 0.3) is 5.91 Å². The Morgan fingerprint density at radius 1 is 1.10 bits per heavy atom. The fraction of sp³-hybridized carbons (Fsp3) is 0.615. The van der Waals surface area contributed by atoms with E-state index in [0.29, 0.717) is 61.5 Å². The average molecular weight is 643 g/mol. The number of nitrogens with one attached hydrogen (secondary N) is 2. The Balaban J connectivity index is 1.68. The van der Waals surface area contributed by atoms with Crippen molar-refractivity contribution >= 4 is 50.5 Å². The first-order valence-electron chi connectivity index (χ1n) is 13.3. The van der Waals surface area contributed by atoms with Crippen LogP contribution < -0.4 is 10.0 Å². The minimum absolute atomic E-state index is 0.0204. The first-order chi connectivity index (χ1) is 18.9. The van der Waals surface area contributed by atoms with E-state index in [1.165, 1.54) is 18.9 Å². The highest BCUT2D eigenvalue weighted by Gasteiger charge is 2.39. The lowest BCUT2D eigenvalue weighted by Crippen LogP contribution is -2.43. The quantitative estimate of drug-likeness (QED) is 0.310. The lowest BCUT2D eigenvalue weighted by molar-refractivity contribution is -0.147. The summed E-state index contributed by atoms with van der Waals surface area (Å²) in [4.78, 5) is 17.9. The maximum Gasteiger partial charge on any atom is 0.404 e. The third-order valence-corrected chi connectivity index (χ3v) is 11.0. The van der Waals surface area contributed by atoms with Gasteiger partial charge < -0.3 is 10.1 Å². The number of sulfonamides is 1. The van der Waals surface area contributed by atoms with Crippen LogP contribution in [0, 0.1) is 5.92 Å². The zero-order chi connectivity index (χ0) is 29.1. The Kier molecular flexibility index (Phi) is 10.4. The summed E-state index contributed by atoms with van der Waals surface area (Å²) in [6.07, 6.45) is 3.91. The molecule has 0 bridgehead atoms. The number of carbonyl (C=O) groups is 1. The largest absolute Gasteiger partial charge is 0.404 e. The Labute approximate surface area is 246 Å². The zero-order valence-corrected chi connectivity index (χ0v) is 25.1. The van der Waals surface area contributed by atoms with E-state index < -0.39 is 32.2 Å². The number of carbonyl (C=O) groups excluding carboxylic acids is 1. The van der Waals surface area contributed by atoms with Crippen LogP contribution >= 0.6 is 34.5 Å². The monoisotopic (exact) mass is 641 g/mol. The zero-order valence-electron chi connectivity index (χ0n) is 22.0. The fourth-order valence-electron chi connectivity index (χ4n) is 5.01. The molecule has 0 radical (unpaired) electrons. The topological polar surface area (TPSA) is 97.4 Å². The van der Waals surface area contributed by atoms with Crippen LogP contribution in [0.1, 0.15) is 73.8 Å². The molecule has 222 valence electrons. The molecule has 40 heavy (non-hydrogen) atoms. The molecule has 2 aromatic rings. The third kappa shape index (κ3) is 7.69. The van der Waals surface area contributed by atoms with Crippen LogP contribution in [0.2, 0.25) is 10.0 Å². The predicted octanol–water partition coefficient (Wildman–Crippen LogP) is 6.77. The highest BCUT2D eigenvalue weighted by atomic mass is 35.5. The van der Waals surface area contributed by atoms with Crippen molar-refractivity contribution in [1.82, 2.24) is 15.0 Å². The number of nitrogens with zero attached hydrogens (tertiary/aromatic N) is 1. The van der Waals surface area contributed by atoms with Gasteiger partial charge in [0.2, 0.25) is 10.0 Å². The van der Waals surface area contributed by atoms with E-state index in [1.807, 2.05) is 0 Å². The van der Waals surface area contributed by atoms with Crippen molar-refractivity contribution in [1.29, 1.82) is 0 Å². The number of alkyl halides is 3. The summed E-state index contributed by atoms with van der Waals surface area (Å²) in [5.41, 5.74) is 1.05. The normalized spacial score (nSPS) is 18.9. The molecule has 7 nitrogen and oxygen atoms in total. The lowest BCUT2D eigenvalue weighted by atomic mass is 9.94. The summed E-state index contributed by atoms with van der Waals surface area (Å²) in [6.45, 7) is 1.84. The number of hydrogen-bond acceptors (Lipinski definition) is 6. The second kappa shape index (κ2) is 13.2. The van der Waals surface area contributed by atoms with Crippen LogP contribution in [0.3, 0.4) is 0 Å². The standard InChI is InChI=1S/C26H32Cl2F3N3O4S2/c1-15(26(29,30)31)34-40(36,37)20-9-8-18(21(27)22(20)28)23-19(14-16-6-4-2-3-5-7-16)33-25(39-23)24(35)32-17-10-12-38-13-11-17/h8-9,15-17,34H,2-7,10-14H2,1H3,(H,32,35). The van der Waals surface area contributed by atoms with E-state index in [9.17, 15) is 26.4 Å². The summed E-state index contributed by atoms with van der Waals surface area (Å²) >= 11 is 14.1. The molecular weight excluding hydrogens is 610 g/mol. The maximum absolute atomic E-state index is 13.1. The second-order valence-corrected chi connectivity index (χ2v) is 13.8. The summed E-state index contributed by atoms with van der Waals surface area (Å²) in [7, 11) is -4.63. The highest BCUT2D eigenvalue weighted by molar-refractivity contribution is 7.89. The Bertz CT molecular complexity index is 1310. The molecule has 1 aliphatic heterocycles. The van der Waals surface area contributed by atoms with Gasteiger partial charge in [-0.1, -0.05) is 67.8 Å². The molecule has 1 unspecified atom stereocenters. The van der Waals surface area contributed by atoms with Crippen LogP contribution in [0.5, 0.6) is 0 Å². The van der Waals surface area contributed by atoms with Crippen molar-refractivity contribution in [3.05, 3.63) is 32.9 Å². The lowest BCUT2D eigenvalue weighted by Gasteiger charge is -2.22. The molecule has 1 atom stereocenters. The smallest absolute Gasteiger partial charge is 0.381 e. The molecule has 1 amide bonds. The molecule has 2 heterocycles. The minimum atomic E-state index is -4.78. The summed E-state index contributed by atoms with van der Waals surface area (Å²) in [5.74, 6) is 0.0636. The SMILES string of the molecule is CC(NS(=O)(=O)c1ccc(-c2sc(C(=O)NC3CCOCC3)nc2CC2CCCCCC2)c(Cl)c1Cl)C(F)(F)F. The molecule has 1 aliphatic carbocycles. The summed E-state index contributed by atoms with van der Waals surface area (Å²) < 4.78 is 71.4. The molecule has 1 saturated carbocycles. The molecular formula is C26H32Cl2F3N3O4S2. The number of amides is 1. The molecule has 2 aliphatic rings. The fourth-order valence-corrected chi connectivity index (χ4v) is 8.19.